The fraction of sp³-hybridized carbons (Fsp3) is 0.389. The molecule has 0 saturated carbocycles. The topological polar surface area (TPSA) is 46.6 Å². The highest BCUT2D eigenvalue weighted by Crippen LogP contribution is 2.31. The molecule has 0 atom stereocenters. The van der Waals surface area contributed by atoms with Crippen LogP contribution in [0.25, 0.3) is 10.9 Å². The molecule has 0 saturated heterocycles. The van der Waals surface area contributed by atoms with E-state index in [1.807, 2.05) is 6.92 Å². The van der Waals surface area contributed by atoms with E-state index in [9.17, 15) is 8.78 Å². The fourth-order valence-electron chi connectivity index (χ4n) is 3.35. The van der Waals surface area contributed by atoms with Crippen LogP contribution in [0.5, 0.6) is 0 Å². The average Bonchev–Trinajstić information content (AvgIpc) is 3.13. The zero-order valence-electron chi connectivity index (χ0n) is 13.4. The molecular weight excluding hydrogens is 314 g/mol. The Balaban J connectivity index is 1.62. The van der Waals surface area contributed by atoms with Crippen LogP contribution < -0.4 is 0 Å². The van der Waals surface area contributed by atoms with E-state index in [2.05, 4.69) is 9.98 Å². The van der Waals surface area contributed by atoms with Crippen LogP contribution in [0.15, 0.2) is 29.6 Å². The lowest BCUT2D eigenvalue weighted by atomic mass is 9.94. The van der Waals surface area contributed by atoms with Gasteiger partial charge in [0.15, 0.2) is 11.6 Å². The van der Waals surface area contributed by atoms with Crippen molar-refractivity contribution < 1.29 is 18.3 Å². The molecule has 126 valence electrons. The van der Waals surface area contributed by atoms with E-state index in [0.29, 0.717) is 18.5 Å². The number of benzene rings is 1. The minimum atomic E-state index is -0.837. The third-order valence-electron chi connectivity index (χ3n) is 4.63. The lowest BCUT2D eigenvalue weighted by Crippen LogP contribution is -2.26. The number of aryl methyl sites for hydroxylation is 1. The van der Waals surface area contributed by atoms with Crippen LogP contribution in [0.2, 0.25) is 0 Å². The van der Waals surface area contributed by atoms with E-state index in [0.717, 1.165) is 41.6 Å². The van der Waals surface area contributed by atoms with Gasteiger partial charge in [0.05, 0.1) is 11.4 Å². The Hall–Kier alpha value is -2.37. The Morgan fingerprint density at radius 3 is 2.71 bits per heavy atom. The van der Waals surface area contributed by atoms with Crippen LogP contribution in [-0.2, 0) is 15.9 Å². The Morgan fingerprint density at radius 1 is 1.17 bits per heavy atom. The summed E-state index contributed by atoms with van der Waals surface area (Å²) in [6, 6.07) is 2.49. The molecule has 0 fully saturated rings. The van der Waals surface area contributed by atoms with Gasteiger partial charge in [0.25, 0.3) is 0 Å². The van der Waals surface area contributed by atoms with Gasteiger partial charge >= 0.3 is 0 Å². The normalized spacial score (nSPS) is 20.2. The summed E-state index contributed by atoms with van der Waals surface area (Å²) in [7, 11) is 0. The highest BCUT2D eigenvalue weighted by molar-refractivity contribution is 6.06. The molecule has 1 aromatic carbocycles. The third kappa shape index (κ3) is 2.56. The lowest BCUT2D eigenvalue weighted by molar-refractivity contribution is -0.128. The van der Waals surface area contributed by atoms with Crippen molar-refractivity contribution in [1.82, 2.24) is 4.98 Å². The smallest absolute Gasteiger partial charge is 0.248 e. The van der Waals surface area contributed by atoms with Crippen LogP contribution >= 0.6 is 0 Å². The quantitative estimate of drug-likeness (QED) is 0.916. The maximum Gasteiger partial charge on any atom is 0.248 e. The predicted molar refractivity (Wildman–Crippen MR) is 86.9 cm³/mol. The SMILES string of the molecule is CC1(CCN=C2CCCc3c2[nH]c2cc(F)c(F)cc32)OC=CO1. The molecule has 0 bridgehead atoms. The van der Waals surface area contributed by atoms with Crippen LogP contribution in [0.4, 0.5) is 8.78 Å². The van der Waals surface area contributed by atoms with Gasteiger partial charge in [0, 0.05) is 36.9 Å². The largest absolute Gasteiger partial charge is 0.457 e. The summed E-state index contributed by atoms with van der Waals surface area (Å²) in [4.78, 5) is 7.89. The standard InChI is InChI=1S/C18H18F2N2O2/c1-18(23-7-8-24-18)5-6-21-15-4-2-3-11-12-9-13(19)14(20)10-16(12)22-17(11)15/h7-10,22H,2-6H2,1H3. The maximum absolute atomic E-state index is 13.6. The van der Waals surface area contributed by atoms with Crippen molar-refractivity contribution in [3.05, 3.63) is 47.5 Å². The summed E-state index contributed by atoms with van der Waals surface area (Å²) in [6.07, 6.45) is 6.33. The molecule has 1 aliphatic heterocycles. The molecule has 2 aliphatic rings. The second-order valence-corrected chi connectivity index (χ2v) is 6.36. The molecule has 6 heteroatoms. The highest BCUT2D eigenvalue weighted by atomic mass is 19.2. The van der Waals surface area contributed by atoms with Gasteiger partial charge in [0.1, 0.15) is 12.5 Å². The molecule has 0 radical (unpaired) electrons. The Kier molecular flexibility index (Phi) is 3.55. The van der Waals surface area contributed by atoms with E-state index >= 15 is 0 Å². The number of H-pyrrole nitrogens is 1. The van der Waals surface area contributed by atoms with Crippen LogP contribution in [0, 0.1) is 11.6 Å². The molecule has 4 nitrogen and oxygen atoms in total. The van der Waals surface area contributed by atoms with Gasteiger partial charge in [-0.15, -0.1) is 0 Å². The highest BCUT2D eigenvalue weighted by Gasteiger charge is 2.29. The number of halogens is 2. The van der Waals surface area contributed by atoms with Gasteiger partial charge in [-0.2, -0.15) is 0 Å². The van der Waals surface area contributed by atoms with Crippen molar-refractivity contribution in [2.45, 2.75) is 38.4 Å². The van der Waals surface area contributed by atoms with Crippen LogP contribution in [0.1, 0.15) is 37.4 Å². The minimum absolute atomic E-state index is 0.561. The molecule has 0 spiro atoms. The molecule has 1 N–H and O–H groups in total. The van der Waals surface area contributed by atoms with Crippen molar-refractivity contribution >= 4 is 16.6 Å². The van der Waals surface area contributed by atoms with Gasteiger partial charge < -0.3 is 14.5 Å². The average molecular weight is 332 g/mol. The van der Waals surface area contributed by atoms with Gasteiger partial charge in [-0.3, -0.25) is 4.99 Å². The molecule has 1 aliphatic carbocycles. The summed E-state index contributed by atoms with van der Waals surface area (Å²) < 4.78 is 37.8. The van der Waals surface area contributed by atoms with E-state index in [1.165, 1.54) is 24.7 Å². The number of hydrogen-bond acceptors (Lipinski definition) is 3. The van der Waals surface area contributed by atoms with Gasteiger partial charge in [0.2, 0.25) is 5.79 Å². The number of rotatable bonds is 3. The molecule has 2 heterocycles. The first-order valence-electron chi connectivity index (χ1n) is 8.10. The number of aliphatic imine (C=N–C) groups is 1. The van der Waals surface area contributed by atoms with E-state index < -0.39 is 17.4 Å². The molecule has 24 heavy (non-hydrogen) atoms. The van der Waals surface area contributed by atoms with Crippen molar-refractivity contribution in [2.24, 2.45) is 4.99 Å². The predicted octanol–water partition coefficient (Wildman–Crippen LogP) is 4.20. The first-order chi connectivity index (χ1) is 11.6. The van der Waals surface area contributed by atoms with Crippen molar-refractivity contribution in [1.29, 1.82) is 0 Å². The zero-order valence-corrected chi connectivity index (χ0v) is 13.4. The second kappa shape index (κ2) is 5.61. The molecule has 2 aromatic rings. The number of nitrogens with one attached hydrogen (secondary N) is 1. The summed E-state index contributed by atoms with van der Waals surface area (Å²) in [5.41, 5.74) is 3.49. The monoisotopic (exact) mass is 332 g/mol. The number of hydrogen-bond donors (Lipinski definition) is 1. The first kappa shape index (κ1) is 15.2. The summed E-state index contributed by atoms with van der Waals surface area (Å²) in [6.45, 7) is 2.43. The summed E-state index contributed by atoms with van der Waals surface area (Å²) >= 11 is 0. The van der Waals surface area contributed by atoms with Gasteiger partial charge in [-0.25, -0.2) is 8.78 Å². The van der Waals surface area contributed by atoms with E-state index in [-0.39, 0.29) is 0 Å². The number of aromatic nitrogens is 1. The fourth-order valence-corrected chi connectivity index (χ4v) is 3.35. The molecule has 1 aromatic heterocycles. The Morgan fingerprint density at radius 2 is 1.92 bits per heavy atom. The molecule has 0 unspecified atom stereocenters. The number of nitrogens with zero attached hydrogens (tertiary/aromatic N) is 1. The van der Waals surface area contributed by atoms with Crippen molar-refractivity contribution in [3.8, 4) is 0 Å². The molecular formula is C18H18F2N2O2. The Bertz CT molecular complexity index is 846. The zero-order chi connectivity index (χ0) is 16.7. The number of aromatic amines is 1. The summed E-state index contributed by atoms with van der Waals surface area (Å²) in [5, 5.41) is 0.745. The number of fused-ring (bicyclic) bond motifs is 3. The van der Waals surface area contributed by atoms with Gasteiger partial charge in [-0.05, 0) is 30.9 Å². The maximum atomic E-state index is 13.6. The van der Waals surface area contributed by atoms with E-state index in [1.54, 1.807) is 0 Å². The summed E-state index contributed by atoms with van der Waals surface area (Å²) in [5.74, 6) is -2.31. The molecule has 0 amide bonds. The second-order valence-electron chi connectivity index (χ2n) is 6.36. The Labute approximate surface area is 138 Å². The van der Waals surface area contributed by atoms with Crippen molar-refractivity contribution in [3.63, 3.8) is 0 Å². The van der Waals surface area contributed by atoms with E-state index in [4.69, 9.17) is 9.47 Å². The van der Waals surface area contributed by atoms with Crippen molar-refractivity contribution in [2.75, 3.05) is 6.54 Å². The molecule has 4 rings (SSSR count). The minimum Gasteiger partial charge on any atom is -0.457 e. The third-order valence-corrected chi connectivity index (χ3v) is 4.63. The number of ether oxygens (including phenoxy) is 2. The van der Waals surface area contributed by atoms with Crippen LogP contribution in [0.3, 0.4) is 0 Å². The first-order valence-corrected chi connectivity index (χ1v) is 8.10. The lowest BCUT2D eigenvalue weighted by Gasteiger charge is -2.22. The van der Waals surface area contributed by atoms with Gasteiger partial charge in [-0.1, -0.05) is 0 Å². The van der Waals surface area contributed by atoms with Crippen LogP contribution in [-0.4, -0.2) is 23.0 Å².